The summed E-state index contributed by atoms with van der Waals surface area (Å²) in [5.41, 5.74) is 3.51. The monoisotopic (exact) mass is 487 g/mol. The van der Waals surface area contributed by atoms with Crippen LogP contribution in [0, 0.1) is 0 Å². The number of anilines is 1. The Bertz CT molecular complexity index is 873. The molecule has 0 saturated heterocycles. The quantitative estimate of drug-likeness (QED) is 0.402. The Morgan fingerprint density at radius 2 is 1.81 bits per heavy atom. The molecule has 0 aromatic heterocycles. The van der Waals surface area contributed by atoms with Gasteiger partial charge in [0, 0.05) is 35.7 Å². The van der Waals surface area contributed by atoms with Gasteiger partial charge in [-0.2, -0.15) is 0 Å². The zero-order chi connectivity index (χ0) is 22.1. The molecule has 0 saturated carbocycles. The lowest BCUT2D eigenvalue weighted by molar-refractivity contribution is -0.137. The maximum Gasteiger partial charge on any atom is 0.319 e. The second-order valence-electron chi connectivity index (χ2n) is 7.88. The van der Waals surface area contributed by atoms with Gasteiger partial charge in [0.15, 0.2) is 0 Å². The Hall–Kier alpha value is -2.38. The van der Waals surface area contributed by atoms with E-state index >= 15 is 0 Å². The minimum absolute atomic E-state index is 0.179. The van der Waals surface area contributed by atoms with Gasteiger partial charge in [-0.25, -0.2) is 4.79 Å². The largest absolute Gasteiger partial charge is 0.481 e. The molecule has 1 aliphatic rings. The summed E-state index contributed by atoms with van der Waals surface area (Å²) < 4.78 is 0.964. The Kier molecular flexibility index (Phi) is 8.91. The number of hydrogen-bond acceptors (Lipinski definition) is 3. The zero-order valence-corrected chi connectivity index (χ0v) is 19.2. The van der Waals surface area contributed by atoms with Crippen molar-refractivity contribution in [3.63, 3.8) is 0 Å². The van der Waals surface area contributed by atoms with E-state index in [-0.39, 0.29) is 12.5 Å². The maximum absolute atomic E-state index is 12.1. The molecule has 0 fully saturated rings. The fraction of sp³-hybridized carbons (Fsp3) is 0.417. The predicted molar refractivity (Wildman–Crippen MR) is 126 cm³/mol. The number of carboxylic acid groups (broad SMARTS) is 1. The molecule has 6 nitrogen and oxygen atoms in total. The van der Waals surface area contributed by atoms with E-state index in [0.29, 0.717) is 19.0 Å². The molecule has 0 bridgehead atoms. The average Bonchev–Trinajstić information content (AvgIpc) is 2.76. The van der Waals surface area contributed by atoms with Crippen molar-refractivity contribution in [1.29, 1.82) is 0 Å². The van der Waals surface area contributed by atoms with Crippen LogP contribution in [0.3, 0.4) is 0 Å². The number of rotatable bonds is 10. The van der Waals surface area contributed by atoms with Crippen molar-refractivity contribution in [2.45, 2.75) is 44.6 Å². The molecule has 0 aliphatic heterocycles. The number of fused-ring (bicyclic) bond motifs is 1. The molecule has 1 atom stereocenters. The number of nitrogens with zero attached hydrogens (tertiary/aromatic N) is 1. The lowest BCUT2D eigenvalue weighted by Crippen LogP contribution is -2.36. The van der Waals surface area contributed by atoms with Crippen molar-refractivity contribution in [2.24, 2.45) is 0 Å². The third-order valence-electron chi connectivity index (χ3n) is 5.62. The lowest BCUT2D eigenvalue weighted by atomic mass is 9.86. The van der Waals surface area contributed by atoms with Crippen LogP contribution >= 0.6 is 15.9 Å². The van der Waals surface area contributed by atoms with Gasteiger partial charge >= 0.3 is 12.0 Å². The summed E-state index contributed by atoms with van der Waals surface area (Å²) in [7, 11) is 0. The lowest BCUT2D eigenvalue weighted by Gasteiger charge is -2.36. The molecule has 0 heterocycles. The van der Waals surface area contributed by atoms with Gasteiger partial charge in [-0.05, 0) is 74.0 Å². The molecule has 31 heavy (non-hydrogen) atoms. The minimum atomic E-state index is -0.754. The van der Waals surface area contributed by atoms with Gasteiger partial charge in [0.05, 0.1) is 0 Å². The Morgan fingerprint density at radius 3 is 2.58 bits per heavy atom. The number of amides is 2. The van der Waals surface area contributed by atoms with Crippen molar-refractivity contribution in [3.8, 4) is 0 Å². The Balaban J connectivity index is 1.52. The number of carbonyl (C=O) groups excluding carboxylic acids is 1. The number of aryl methyl sites for hydroxylation is 1. The average molecular weight is 488 g/mol. The highest BCUT2D eigenvalue weighted by Crippen LogP contribution is 2.34. The summed E-state index contributed by atoms with van der Waals surface area (Å²) in [5.74, 6) is -0.754. The molecule has 1 aliphatic carbocycles. The van der Waals surface area contributed by atoms with Crippen molar-refractivity contribution in [3.05, 3.63) is 64.1 Å². The topological polar surface area (TPSA) is 81.7 Å². The predicted octanol–water partition coefficient (Wildman–Crippen LogP) is 5.21. The van der Waals surface area contributed by atoms with E-state index in [1.807, 2.05) is 24.3 Å². The van der Waals surface area contributed by atoms with Crippen molar-refractivity contribution in [1.82, 2.24) is 10.2 Å². The van der Waals surface area contributed by atoms with Crippen LogP contribution in [0.25, 0.3) is 0 Å². The molecule has 3 N–H and O–H groups in total. The summed E-state index contributed by atoms with van der Waals surface area (Å²) in [6.45, 7) is 2.12. The minimum Gasteiger partial charge on any atom is -0.481 e. The zero-order valence-electron chi connectivity index (χ0n) is 17.6. The number of carbonyl (C=O) groups is 2. The molecule has 2 amide bonds. The standard InChI is InChI=1S/C24H30BrN3O3/c25-19-11-13-20(14-12-19)27-24(31)26-15-5-17-28(16-4-10-23(29)30)22-9-3-7-18-6-1-2-8-21(18)22/h1-2,6,8,11-14,22H,3-5,7,9-10,15-17H2,(H,29,30)(H2,26,27,31). The second-order valence-corrected chi connectivity index (χ2v) is 8.80. The van der Waals surface area contributed by atoms with Crippen LogP contribution in [-0.4, -0.2) is 41.6 Å². The molecule has 166 valence electrons. The number of benzene rings is 2. The fourth-order valence-electron chi connectivity index (χ4n) is 4.16. The van der Waals surface area contributed by atoms with E-state index in [0.717, 1.165) is 48.9 Å². The van der Waals surface area contributed by atoms with Gasteiger partial charge in [-0.15, -0.1) is 0 Å². The smallest absolute Gasteiger partial charge is 0.319 e. The maximum atomic E-state index is 12.1. The molecule has 1 unspecified atom stereocenters. The van der Waals surface area contributed by atoms with E-state index in [1.54, 1.807) is 0 Å². The summed E-state index contributed by atoms with van der Waals surface area (Å²) in [4.78, 5) is 25.5. The number of nitrogens with one attached hydrogen (secondary N) is 2. The Labute approximate surface area is 192 Å². The van der Waals surface area contributed by atoms with Crippen LogP contribution in [-0.2, 0) is 11.2 Å². The first-order valence-corrected chi connectivity index (χ1v) is 11.7. The van der Waals surface area contributed by atoms with Crippen molar-refractivity contribution >= 4 is 33.6 Å². The second kappa shape index (κ2) is 11.9. The van der Waals surface area contributed by atoms with E-state index in [9.17, 15) is 9.59 Å². The van der Waals surface area contributed by atoms with Crippen LogP contribution in [0.2, 0.25) is 0 Å². The number of urea groups is 1. The van der Waals surface area contributed by atoms with Gasteiger partial charge in [-0.1, -0.05) is 40.2 Å². The number of hydrogen-bond donors (Lipinski definition) is 3. The molecule has 2 aromatic carbocycles. The molecular formula is C24H30BrN3O3. The van der Waals surface area contributed by atoms with Gasteiger partial charge in [0.2, 0.25) is 0 Å². The van der Waals surface area contributed by atoms with Gasteiger partial charge in [0.1, 0.15) is 0 Å². The summed E-state index contributed by atoms with van der Waals surface area (Å²) in [5, 5.41) is 14.8. The SMILES string of the molecule is O=C(O)CCCN(CCCNC(=O)Nc1ccc(Br)cc1)C1CCCc2ccccc21. The first-order valence-electron chi connectivity index (χ1n) is 10.9. The van der Waals surface area contributed by atoms with Crippen molar-refractivity contribution < 1.29 is 14.7 Å². The number of halogens is 1. The Morgan fingerprint density at radius 1 is 1.06 bits per heavy atom. The van der Waals surface area contributed by atoms with E-state index in [1.165, 1.54) is 11.1 Å². The first kappa shape index (κ1) is 23.3. The number of carboxylic acids is 1. The highest BCUT2D eigenvalue weighted by atomic mass is 79.9. The molecule has 7 heteroatoms. The van der Waals surface area contributed by atoms with Crippen LogP contribution < -0.4 is 10.6 Å². The third-order valence-corrected chi connectivity index (χ3v) is 6.15. The van der Waals surface area contributed by atoms with E-state index < -0.39 is 5.97 Å². The van der Waals surface area contributed by atoms with Crippen LogP contribution in [0.4, 0.5) is 10.5 Å². The fourth-order valence-corrected chi connectivity index (χ4v) is 4.42. The molecule has 0 spiro atoms. The molecule has 2 aromatic rings. The van der Waals surface area contributed by atoms with Gasteiger partial charge < -0.3 is 15.7 Å². The molecule has 3 rings (SSSR count). The first-order chi connectivity index (χ1) is 15.0. The molecular weight excluding hydrogens is 458 g/mol. The van der Waals surface area contributed by atoms with Crippen LogP contribution in [0.15, 0.2) is 53.0 Å². The van der Waals surface area contributed by atoms with Crippen LogP contribution in [0.1, 0.15) is 49.3 Å². The van der Waals surface area contributed by atoms with Gasteiger partial charge in [-0.3, -0.25) is 9.69 Å². The number of aliphatic carboxylic acids is 1. The van der Waals surface area contributed by atoms with Crippen molar-refractivity contribution in [2.75, 3.05) is 25.0 Å². The summed E-state index contributed by atoms with van der Waals surface area (Å²) in [6.07, 6.45) is 4.95. The van der Waals surface area contributed by atoms with Gasteiger partial charge in [0.25, 0.3) is 0 Å². The summed E-state index contributed by atoms with van der Waals surface area (Å²) in [6, 6.07) is 16.1. The highest BCUT2D eigenvalue weighted by molar-refractivity contribution is 9.10. The highest BCUT2D eigenvalue weighted by Gasteiger charge is 2.25. The summed E-state index contributed by atoms with van der Waals surface area (Å²) >= 11 is 3.38. The third kappa shape index (κ3) is 7.36. The molecule has 0 radical (unpaired) electrons. The normalized spacial score (nSPS) is 15.4. The van der Waals surface area contributed by atoms with Crippen LogP contribution in [0.5, 0.6) is 0 Å². The van der Waals surface area contributed by atoms with E-state index in [4.69, 9.17) is 5.11 Å². The van der Waals surface area contributed by atoms with E-state index in [2.05, 4.69) is 55.7 Å².